The third kappa shape index (κ3) is 10.6. The highest BCUT2D eigenvalue weighted by Crippen LogP contribution is 1.87. The lowest BCUT2D eigenvalue weighted by molar-refractivity contribution is 0.161. The Morgan fingerprint density at radius 1 is 1.33 bits per heavy atom. The summed E-state index contributed by atoms with van der Waals surface area (Å²) >= 11 is 0. The highest BCUT2D eigenvalue weighted by atomic mass is 16.5. The van der Waals surface area contributed by atoms with Gasteiger partial charge in [-0.15, -0.1) is 0 Å². The van der Waals surface area contributed by atoms with Crippen molar-refractivity contribution >= 4 is 5.96 Å². The van der Waals surface area contributed by atoms with E-state index in [1.165, 1.54) is 0 Å². The topological polar surface area (TPSA) is 59.6 Å². The van der Waals surface area contributed by atoms with Gasteiger partial charge in [0.25, 0.3) is 0 Å². The van der Waals surface area contributed by atoms with Gasteiger partial charge in [-0.2, -0.15) is 0 Å². The molecular formula is C11H21N3O. The van der Waals surface area contributed by atoms with Crippen LogP contribution in [0.1, 0.15) is 13.8 Å². The molecule has 0 bridgehead atoms. The quantitative estimate of drug-likeness (QED) is 0.286. The first kappa shape index (κ1) is 13.7. The molecule has 86 valence electrons. The largest absolute Gasteiger partial charge is 0.375 e. The molecular weight excluding hydrogens is 190 g/mol. The van der Waals surface area contributed by atoms with Crippen LogP contribution in [0.4, 0.5) is 0 Å². The minimum absolute atomic E-state index is 0.428. The second-order valence-electron chi connectivity index (χ2n) is 3.60. The summed E-state index contributed by atoms with van der Waals surface area (Å²) in [5, 5.41) is 2.94. The Balaban J connectivity index is 3.46. The van der Waals surface area contributed by atoms with Crippen molar-refractivity contribution in [3.05, 3.63) is 24.3 Å². The van der Waals surface area contributed by atoms with E-state index in [1.807, 2.05) is 13.8 Å². The lowest BCUT2D eigenvalue weighted by Crippen LogP contribution is -2.34. The van der Waals surface area contributed by atoms with Crippen LogP contribution >= 0.6 is 0 Å². The molecule has 0 amide bonds. The number of nitrogens with zero attached hydrogens (tertiary/aromatic N) is 1. The van der Waals surface area contributed by atoms with Crippen LogP contribution in [0, 0.1) is 0 Å². The van der Waals surface area contributed by atoms with E-state index in [2.05, 4.69) is 23.5 Å². The summed E-state index contributed by atoms with van der Waals surface area (Å²) in [6, 6.07) is 0. The van der Waals surface area contributed by atoms with Gasteiger partial charge in [-0.3, -0.25) is 0 Å². The standard InChI is InChI=1S/C11H21N3O/c1-9(2)7-14-11(12)13-5-6-15-8-10(3)4/h1,3,5-8H2,2,4H3,(H3,12,13,14). The van der Waals surface area contributed by atoms with Gasteiger partial charge in [-0.1, -0.05) is 24.3 Å². The Morgan fingerprint density at radius 3 is 2.53 bits per heavy atom. The second-order valence-corrected chi connectivity index (χ2v) is 3.60. The molecule has 0 aliphatic heterocycles. The number of hydrogen-bond donors (Lipinski definition) is 2. The fourth-order valence-electron chi connectivity index (χ4n) is 0.774. The minimum Gasteiger partial charge on any atom is -0.375 e. The summed E-state index contributed by atoms with van der Waals surface area (Å²) in [6.07, 6.45) is 0. The van der Waals surface area contributed by atoms with Crippen LogP contribution in [0.3, 0.4) is 0 Å². The molecule has 0 aliphatic rings. The molecule has 0 fully saturated rings. The zero-order valence-electron chi connectivity index (χ0n) is 9.68. The zero-order valence-corrected chi connectivity index (χ0v) is 9.68. The van der Waals surface area contributed by atoms with Crippen LogP contribution in [0.5, 0.6) is 0 Å². The number of ether oxygens (including phenoxy) is 1. The molecule has 0 aromatic rings. The summed E-state index contributed by atoms with van der Waals surface area (Å²) in [5.41, 5.74) is 7.59. The molecule has 0 aliphatic carbocycles. The molecule has 0 aromatic heterocycles. The van der Waals surface area contributed by atoms with Gasteiger partial charge in [-0.25, -0.2) is 4.99 Å². The molecule has 0 spiro atoms. The summed E-state index contributed by atoms with van der Waals surface area (Å²) in [7, 11) is 0. The molecule has 3 N–H and O–H groups in total. The number of hydrogen-bond acceptors (Lipinski definition) is 2. The van der Waals surface area contributed by atoms with Crippen molar-refractivity contribution in [2.75, 3.05) is 26.3 Å². The monoisotopic (exact) mass is 211 g/mol. The molecule has 0 unspecified atom stereocenters. The van der Waals surface area contributed by atoms with Crippen LogP contribution in [0.25, 0.3) is 0 Å². The van der Waals surface area contributed by atoms with E-state index >= 15 is 0 Å². The Morgan fingerprint density at radius 2 is 2.00 bits per heavy atom. The van der Waals surface area contributed by atoms with E-state index in [-0.39, 0.29) is 0 Å². The van der Waals surface area contributed by atoms with Gasteiger partial charge in [0.05, 0.1) is 19.8 Å². The number of nitrogens with two attached hydrogens (primary N) is 1. The molecule has 15 heavy (non-hydrogen) atoms. The molecule has 0 saturated carbocycles. The van der Waals surface area contributed by atoms with Crippen molar-refractivity contribution in [2.24, 2.45) is 10.7 Å². The van der Waals surface area contributed by atoms with Crippen LogP contribution in [0.2, 0.25) is 0 Å². The molecule has 4 heteroatoms. The SMILES string of the molecule is C=C(C)CN=C(N)NCCOCC(=C)C. The van der Waals surface area contributed by atoms with Crippen molar-refractivity contribution in [1.82, 2.24) is 5.32 Å². The minimum atomic E-state index is 0.428. The van der Waals surface area contributed by atoms with Crippen LogP contribution in [0.15, 0.2) is 29.3 Å². The Bertz CT molecular complexity index is 246. The van der Waals surface area contributed by atoms with Crippen molar-refractivity contribution < 1.29 is 4.74 Å². The molecule has 0 aromatic carbocycles. The van der Waals surface area contributed by atoms with E-state index in [0.717, 1.165) is 11.1 Å². The third-order valence-corrected chi connectivity index (χ3v) is 1.42. The van der Waals surface area contributed by atoms with Crippen molar-refractivity contribution in [2.45, 2.75) is 13.8 Å². The van der Waals surface area contributed by atoms with Crippen LogP contribution < -0.4 is 11.1 Å². The predicted molar refractivity (Wildman–Crippen MR) is 64.9 cm³/mol. The predicted octanol–water partition coefficient (Wildman–Crippen LogP) is 1.06. The fourth-order valence-corrected chi connectivity index (χ4v) is 0.774. The highest BCUT2D eigenvalue weighted by molar-refractivity contribution is 5.77. The van der Waals surface area contributed by atoms with Gasteiger partial charge < -0.3 is 15.8 Å². The maximum Gasteiger partial charge on any atom is 0.188 e. The highest BCUT2D eigenvalue weighted by Gasteiger charge is 1.92. The lowest BCUT2D eigenvalue weighted by atomic mass is 10.4. The Kier molecular flexibility index (Phi) is 7.36. The van der Waals surface area contributed by atoms with Crippen molar-refractivity contribution in [1.29, 1.82) is 0 Å². The number of rotatable bonds is 7. The first-order valence-corrected chi connectivity index (χ1v) is 4.92. The molecule has 4 nitrogen and oxygen atoms in total. The first-order valence-electron chi connectivity index (χ1n) is 4.92. The number of nitrogens with one attached hydrogen (secondary N) is 1. The maximum absolute atomic E-state index is 5.59. The average Bonchev–Trinajstić information content (AvgIpc) is 2.13. The smallest absolute Gasteiger partial charge is 0.188 e. The van der Waals surface area contributed by atoms with Gasteiger partial charge in [0.1, 0.15) is 0 Å². The normalized spacial score (nSPS) is 11.2. The third-order valence-electron chi connectivity index (χ3n) is 1.42. The number of aliphatic imine (C=N–C) groups is 1. The zero-order chi connectivity index (χ0) is 11.7. The molecule has 0 atom stereocenters. The van der Waals surface area contributed by atoms with Crippen molar-refractivity contribution in [3.63, 3.8) is 0 Å². The Hall–Kier alpha value is -1.29. The van der Waals surface area contributed by atoms with Crippen LogP contribution in [-0.2, 0) is 4.74 Å². The fraction of sp³-hybridized carbons (Fsp3) is 0.545. The first-order chi connectivity index (χ1) is 7.02. The summed E-state index contributed by atoms with van der Waals surface area (Å²) < 4.78 is 5.28. The van der Waals surface area contributed by atoms with Gasteiger partial charge in [0.2, 0.25) is 0 Å². The lowest BCUT2D eigenvalue weighted by Gasteiger charge is -2.06. The Labute approximate surface area is 91.9 Å². The summed E-state index contributed by atoms with van der Waals surface area (Å²) in [6.45, 7) is 13.7. The van der Waals surface area contributed by atoms with Gasteiger partial charge in [-0.05, 0) is 13.8 Å². The molecule has 0 saturated heterocycles. The number of guanidine groups is 1. The van der Waals surface area contributed by atoms with Gasteiger partial charge in [0, 0.05) is 6.54 Å². The maximum atomic E-state index is 5.59. The van der Waals surface area contributed by atoms with Gasteiger partial charge in [0.15, 0.2) is 5.96 Å². The van der Waals surface area contributed by atoms with E-state index in [1.54, 1.807) is 0 Å². The van der Waals surface area contributed by atoms with E-state index in [9.17, 15) is 0 Å². The van der Waals surface area contributed by atoms with E-state index in [0.29, 0.717) is 32.3 Å². The molecule has 0 radical (unpaired) electrons. The van der Waals surface area contributed by atoms with Crippen LogP contribution in [-0.4, -0.2) is 32.3 Å². The van der Waals surface area contributed by atoms with Gasteiger partial charge >= 0.3 is 0 Å². The summed E-state index contributed by atoms with van der Waals surface area (Å²) in [5.74, 6) is 0.428. The van der Waals surface area contributed by atoms with E-state index < -0.39 is 0 Å². The average molecular weight is 211 g/mol. The summed E-state index contributed by atoms with van der Waals surface area (Å²) in [4.78, 5) is 4.07. The second kappa shape index (κ2) is 8.05. The van der Waals surface area contributed by atoms with E-state index in [4.69, 9.17) is 10.5 Å². The van der Waals surface area contributed by atoms with Crippen molar-refractivity contribution in [3.8, 4) is 0 Å². The molecule has 0 heterocycles. The molecule has 0 rings (SSSR count).